The molecule has 0 radical (unpaired) electrons. The minimum Gasteiger partial charge on any atom is -0.340 e. The van der Waals surface area contributed by atoms with Crippen molar-refractivity contribution >= 4 is 40.1 Å². The maximum absolute atomic E-state index is 12.8. The van der Waals surface area contributed by atoms with Crippen LogP contribution in [-0.2, 0) is 15.8 Å². The second-order valence-corrected chi connectivity index (χ2v) is 6.63. The summed E-state index contributed by atoms with van der Waals surface area (Å²) in [5.41, 5.74) is 1.02. The summed E-state index contributed by atoms with van der Waals surface area (Å²) in [4.78, 5) is 42.6. The summed E-state index contributed by atoms with van der Waals surface area (Å²) in [5.74, 6) is -2.79. The highest BCUT2D eigenvalue weighted by Gasteiger charge is 2.34. The van der Waals surface area contributed by atoms with Crippen LogP contribution in [0.5, 0.6) is 0 Å². The average molecular weight is 417 g/mol. The normalized spacial score (nSPS) is 16.4. The van der Waals surface area contributed by atoms with E-state index < -0.39 is 35.8 Å². The van der Waals surface area contributed by atoms with E-state index in [1.54, 1.807) is 24.3 Å². The highest BCUT2D eigenvalue weighted by atomic mass is 19.4. The summed E-state index contributed by atoms with van der Waals surface area (Å²) in [6.45, 7) is 0. The SMILES string of the molecule is O=C(C[C@@H]1NC(=O)c2ccccc2NC1=O)Nc1ccc2nc(C(F)(F)F)[nH]c2c1. The first-order valence-corrected chi connectivity index (χ1v) is 8.78. The molecule has 8 nitrogen and oxygen atoms in total. The fourth-order valence-corrected chi connectivity index (χ4v) is 3.07. The average Bonchev–Trinajstić information content (AvgIpc) is 3.07. The van der Waals surface area contributed by atoms with E-state index in [1.165, 1.54) is 18.2 Å². The first-order valence-electron chi connectivity index (χ1n) is 8.78. The molecule has 0 spiro atoms. The Bertz CT molecular complexity index is 1170. The molecule has 3 aromatic rings. The van der Waals surface area contributed by atoms with Crippen molar-refractivity contribution in [3.63, 3.8) is 0 Å². The maximum Gasteiger partial charge on any atom is 0.449 e. The molecule has 3 amide bonds. The number of hydrogen-bond acceptors (Lipinski definition) is 4. The lowest BCUT2D eigenvalue weighted by molar-refractivity contribution is -0.144. The standard InChI is InChI=1S/C19H14F3N5O3/c20-19(21,22)18-26-12-6-5-9(7-13(12)27-18)23-15(28)8-14-17(30)24-11-4-2-1-3-10(11)16(29)25-14/h1-7,14H,8H2,(H,23,28)(H,24,30)(H,25,29)(H,26,27)/t14-/m0/s1. The summed E-state index contributed by atoms with van der Waals surface area (Å²) >= 11 is 0. The number of rotatable bonds is 3. The molecule has 1 aliphatic rings. The van der Waals surface area contributed by atoms with Gasteiger partial charge in [0.1, 0.15) is 6.04 Å². The molecule has 1 aromatic heterocycles. The molecule has 0 aliphatic carbocycles. The van der Waals surface area contributed by atoms with Gasteiger partial charge in [0.25, 0.3) is 5.91 Å². The number of fused-ring (bicyclic) bond motifs is 2. The highest BCUT2D eigenvalue weighted by Crippen LogP contribution is 2.29. The van der Waals surface area contributed by atoms with E-state index in [2.05, 4.69) is 25.9 Å². The number of halogens is 3. The molecule has 0 fully saturated rings. The Kier molecular flexibility index (Phi) is 4.65. The topological polar surface area (TPSA) is 116 Å². The molecule has 1 aliphatic heterocycles. The van der Waals surface area contributed by atoms with Crippen LogP contribution in [-0.4, -0.2) is 33.7 Å². The summed E-state index contributed by atoms with van der Waals surface area (Å²) in [6, 6.07) is 9.33. The molecule has 2 heterocycles. The van der Waals surface area contributed by atoms with Gasteiger partial charge in [0.15, 0.2) is 0 Å². The zero-order valence-corrected chi connectivity index (χ0v) is 15.1. The van der Waals surface area contributed by atoms with E-state index in [9.17, 15) is 27.6 Å². The van der Waals surface area contributed by atoms with E-state index in [0.717, 1.165) is 0 Å². The molecule has 4 rings (SSSR count). The van der Waals surface area contributed by atoms with Gasteiger partial charge in [0, 0.05) is 5.69 Å². The molecule has 30 heavy (non-hydrogen) atoms. The van der Waals surface area contributed by atoms with Crippen LogP contribution in [0.1, 0.15) is 22.6 Å². The number of imidazole rings is 1. The molecule has 0 saturated carbocycles. The molecule has 4 N–H and O–H groups in total. The van der Waals surface area contributed by atoms with E-state index in [1.807, 2.05) is 0 Å². The van der Waals surface area contributed by atoms with Crippen molar-refractivity contribution in [2.24, 2.45) is 0 Å². The van der Waals surface area contributed by atoms with Gasteiger partial charge >= 0.3 is 6.18 Å². The fraction of sp³-hybridized carbons (Fsp3) is 0.158. The molecular weight excluding hydrogens is 403 g/mol. The Hall–Kier alpha value is -3.89. The third kappa shape index (κ3) is 3.81. The molecule has 1 atom stereocenters. The number of nitrogens with one attached hydrogen (secondary N) is 4. The second-order valence-electron chi connectivity index (χ2n) is 6.63. The van der Waals surface area contributed by atoms with E-state index >= 15 is 0 Å². The number of benzene rings is 2. The number of H-pyrrole nitrogens is 1. The Balaban J connectivity index is 1.47. The van der Waals surface area contributed by atoms with Crippen molar-refractivity contribution < 1.29 is 27.6 Å². The van der Waals surface area contributed by atoms with Crippen LogP contribution >= 0.6 is 0 Å². The highest BCUT2D eigenvalue weighted by molar-refractivity contribution is 6.11. The number of aromatic amines is 1. The number of alkyl halides is 3. The number of carbonyl (C=O) groups excluding carboxylic acids is 3. The lowest BCUT2D eigenvalue weighted by Gasteiger charge is -2.14. The summed E-state index contributed by atoms with van der Waals surface area (Å²) in [7, 11) is 0. The summed E-state index contributed by atoms with van der Waals surface area (Å²) in [5, 5.41) is 7.60. The van der Waals surface area contributed by atoms with Crippen molar-refractivity contribution in [1.29, 1.82) is 0 Å². The minimum atomic E-state index is -4.62. The monoisotopic (exact) mass is 417 g/mol. The molecular formula is C19H14F3N5O3. The van der Waals surface area contributed by atoms with Gasteiger partial charge in [-0.1, -0.05) is 12.1 Å². The smallest absolute Gasteiger partial charge is 0.340 e. The molecule has 154 valence electrons. The first-order chi connectivity index (χ1) is 14.2. The third-order valence-electron chi connectivity index (χ3n) is 4.48. The van der Waals surface area contributed by atoms with Crippen molar-refractivity contribution in [3.05, 3.63) is 53.9 Å². The maximum atomic E-state index is 12.8. The molecule has 0 bridgehead atoms. The van der Waals surface area contributed by atoms with Crippen molar-refractivity contribution in [3.8, 4) is 0 Å². The number of hydrogen-bond donors (Lipinski definition) is 4. The van der Waals surface area contributed by atoms with Gasteiger partial charge < -0.3 is 20.9 Å². The van der Waals surface area contributed by atoms with Crippen molar-refractivity contribution in [2.75, 3.05) is 10.6 Å². The van der Waals surface area contributed by atoms with Gasteiger partial charge in [-0.05, 0) is 30.3 Å². The van der Waals surface area contributed by atoms with Gasteiger partial charge in [-0.2, -0.15) is 13.2 Å². The van der Waals surface area contributed by atoms with Crippen LogP contribution in [0.25, 0.3) is 11.0 Å². The second kappa shape index (κ2) is 7.17. The van der Waals surface area contributed by atoms with Gasteiger partial charge in [-0.3, -0.25) is 14.4 Å². The zero-order valence-electron chi connectivity index (χ0n) is 15.1. The number of anilines is 2. The third-order valence-corrected chi connectivity index (χ3v) is 4.48. The lowest BCUT2D eigenvalue weighted by atomic mass is 10.1. The minimum absolute atomic E-state index is 0.0912. The van der Waals surface area contributed by atoms with Gasteiger partial charge in [-0.15, -0.1) is 0 Å². The van der Waals surface area contributed by atoms with Crippen LogP contribution in [0.4, 0.5) is 24.5 Å². The number of aromatic nitrogens is 2. The predicted molar refractivity (Wildman–Crippen MR) is 101 cm³/mol. The first kappa shape index (κ1) is 19.4. The van der Waals surface area contributed by atoms with Crippen molar-refractivity contribution in [1.82, 2.24) is 15.3 Å². The number of amides is 3. The largest absolute Gasteiger partial charge is 0.449 e. The molecule has 11 heteroatoms. The number of para-hydroxylation sites is 1. The zero-order chi connectivity index (χ0) is 21.5. The molecule has 2 aromatic carbocycles. The van der Waals surface area contributed by atoms with E-state index in [4.69, 9.17) is 0 Å². The Morgan fingerprint density at radius 1 is 1.13 bits per heavy atom. The van der Waals surface area contributed by atoms with Crippen molar-refractivity contribution in [2.45, 2.75) is 18.6 Å². The Morgan fingerprint density at radius 3 is 2.67 bits per heavy atom. The fourth-order valence-electron chi connectivity index (χ4n) is 3.07. The Morgan fingerprint density at radius 2 is 1.90 bits per heavy atom. The predicted octanol–water partition coefficient (Wildman–Crippen LogP) is 2.66. The van der Waals surface area contributed by atoms with Crippen LogP contribution in [0.2, 0.25) is 0 Å². The van der Waals surface area contributed by atoms with Gasteiger partial charge in [-0.25, -0.2) is 4.98 Å². The molecule has 0 saturated heterocycles. The van der Waals surface area contributed by atoms with Crippen LogP contribution in [0.15, 0.2) is 42.5 Å². The van der Waals surface area contributed by atoms with Crippen LogP contribution in [0.3, 0.4) is 0 Å². The lowest BCUT2D eigenvalue weighted by Crippen LogP contribution is -2.43. The number of nitrogens with zero attached hydrogens (tertiary/aromatic N) is 1. The van der Waals surface area contributed by atoms with Crippen LogP contribution in [0, 0.1) is 0 Å². The summed E-state index contributed by atoms with van der Waals surface area (Å²) < 4.78 is 38.3. The quantitative estimate of drug-likeness (QED) is 0.524. The number of carbonyl (C=O) groups is 3. The van der Waals surface area contributed by atoms with Gasteiger partial charge in [0.2, 0.25) is 17.6 Å². The van der Waals surface area contributed by atoms with E-state index in [0.29, 0.717) is 5.69 Å². The molecule has 0 unspecified atom stereocenters. The van der Waals surface area contributed by atoms with E-state index in [-0.39, 0.29) is 28.7 Å². The van der Waals surface area contributed by atoms with Crippen LogP contribution < -0.4 is 16.0 Å². The summed E-state index contributed by atoms with van der Waals surface area (Å²) in [6.07, 6.45) is -4.98. The van der Waals surface area contributed by atoms with Gasteiger partial charge in [0.05, 0.1) is 28.7 Å². The Labute approximate surface area is 166 Å².